The molecule has 0 spiro atoms. The largest absolute Gasteiger partial charge is 0.294 e. The third kappa shape index (κ3) is 5.31. The molecule has 0 amide bonds. The van der Waals surface area contributed by atoms with E-state index in [0.717, 1.165) is 5.56 Å². The second-order valence-corrected chi connectivity index (χ2v) is 8.49. The lowest BCUT2D eigenvalue weighted by Gasteiger charge is -2.11. The van der Waals surface area contributed by atoms with Crippen LogP contribution in [-0.4, -0.2) is 31.1 Å². The van der Waals surface area contributed by atoms with Gasteiger partial charge in [-0.2, -0.15) is 0 Å². The molecule has 0 saturated heterocycles. The maximum absolute atomic E-state index is 15.2. The van der Waals surface area contributed by atoms with E-state index in [4.69, 9.17) is 16.2 Å². The zero-order valence-corrected chi connectivity index (χ0v) is 18.9. The van der Waals surface area contributed by atoms with Crippen molar-refractivity contribution < 1.29 is 17.9 Å². The van der Waals surface area contributed by atoms with Gasteiger partial charge in [0.2, 0.25) is 11.3 Å². The number of carbonyl (C=O) groups is 1. The number of carbonyl (C=O) groups excluding carboxylic acids is 1. The quantitative estimate of drug-likeness (QED) is 0.209. The molecule has 0 aliphatic rings. The average Bonchev–Trinajstić information content (AvgIpc) is 2.82. The number of benzene rings is 3. The number of nitrogens with zero attached hydrogens (tertiary/aromatic N) is 2. The number of ketones is 1. The molecule has 9 heteroatoms. The van der Waals surface area contributed by atoms with Crippen LogP contribution in [0.25, 0.3) is 22.3 Å². The molecule has 33 heavy (non-hydrogen) atoms. The molecule has 1 atom stereocenters. The highest BCUT2D eigenvalue weighted by Gasteiger charge is 2.21. The fourth-order valence-corrected chi connectivity index (χ4v) is 4.03. The van der Waals surface area contributed by atoms with Gasteiger partial charge < -0.3 is 0 Å². The smallest absolute Gasteiger partial charge is 0.231 e. The summed E-state index contributed by atoms with van der Waals surface area (Å²) in [4.78, 5) is 22.2. The molecule has 168 valence electrons. The van der Waals surface area contributed by atoms with Gasteiger partial charge in [-0.25, -0.2) is 18.3 Å². The lowest BCUT2D eigenvalue weighted by molar-refractivity contribution is 0.103. The summed E-state index contributed by atoms with van der Waals surface area (Å²) < 4.78 is 37.0. The van der Waals surface area contributed by atoms with E-state index >= 15 is 4.39 Å². The van der Waals surface area contributed by atoms with Crippen LogP contribution in [0, 0.1) is 5.82 Å². The van der Waals surface area contributed by atoms with Crippen molar-refractivity contribution in [1.82, 2.24) is 14.7 Å². The number of hydrogen-bond donors (Lipinski definition) is 2. The molecule has 0 saturated carbocycles. The molecule has 1 unspecified atom stereocenters. The maximum atomic E-state index is 15.2. The van der Waals surface area contributed by atoms with Crippen molar-refractivity contribution >= 4 is 39.7 Å². The summed E-state index contributed by atoms with van der Waals surface area (Å²) >= 11 is 4.07. The van der Waals surface area contributed by atoms with Crippen molar-refractivity contribution in [1.29, 1.82) is 0 Å². The van der Waals surface area contributed by atoms with Crippen LogP contribution < -0.4 is 4.72 Å². The van der Waals surface area contributed by atoms with Crippen LogP contribution in [0.15, 0.2) is 66.9 Å². The molecule has 0 bridgehead atoms. The highest BCUT2D eigenvalue weighted by molar-refractivity contribution is 7.77. The number of rotatable bonds is 8. The molecule has 6 nitrogen and oxygen atoms in total. The Labute approximate surface area is 197 Å². The van der Waals surface area contributed by atoms with Gasteiger partial charge in [-0.3, -0.25) is 14.3 Å². The average molecular weight is 484 g/mol. The van der Waals surface area contributed by atoms with Crippen molar-refractivity contribution in [2.45, 2.75) is 12.8 Å². The summed E-state index contributed by atoms with van der Waals surface area (Å²) in [7, 11) is 0. The molecule has 0 radical (unpaired) electrons. The predicted molar refractivity (Wildman–Crippen MR) is 127 cm³/mol. The van der Waals surface area contributed by atoms with Crippen LogP contribution >= 0.6 is 11.6 Å². The number of aromatic nitrogens is 2. The summed E-state index contributed by atoms with van der Waals surface area (Å²) in [5, 5.41) is 0.0139. The van der Waals surface area contributed by atoms with E-state index in [2.05, 4.69) is 14.7 Å². The van der Waals surface area contributed by atoms with Crippen LogP contribution in [0.2, 0.25) is 5.02 Å². The molecule has 0 aliphatic heterocycles. The second-order valence-electron chi connectivity index (χ2n) is 7.30. The minimum Gasteiger partial charge on any atom is -0.294 e. The monoisotopic (exact) mass is 483 g/mol. The van der Waals surface area contributed by atoms with Crippen molar-refractivity contribution in [3.05, 3.63) is 94.4 Å². The van der Waals surface area contributed by atoms with E-state index in [1.807, 2.05) is 30.3 Å². The Bertz CT molecular complexity index is 1350. The number of hydrogen-bond acceptors (Lipinski definition) is 4. The minimum absolute atomic E-state index is 0.0139. The molecule has 4 rings (SSSR count). The Kier molecular flexibility index (Phi) is 7.20. The van der Waals surface area contributed by atoms with Crippen molar-refractivity contribution in [3.8, 4) is 11.3 Å². The lowest BCUT2D eigenvalue weighted by Crippen LogP contribution is -2.18. The van der Waals surface area contributed by atoms with Crippen molar-refractivity contribution in [3.63, 3.8) is 0 Å². The third-order valence-corrected chi connectivity index (χ3v) is 5.89. The lowest BCUT2D eigenvalue weighted by atomic mass is 9.98. The van der Waals surface area contributed by atoms with Crippen LogP contribution in [0.1, 0.15) is 27.9 Å². The minimum atomic E-state index is -2.12. The van der Waals surface area contributed by atoms with Gasteiger partial charge in [0, 0.05) is 17.7 Å². The first-order chi connectivity index (χ1) is 15.9. The Morgan fingerprint density at radius 2 is 1.88 bits per heavy atom. The van der Waals surface area contributed by atoms with Gasteiger partial charge in [-0.15, -0.1) is 0 Å². The molecule has 1 heterocycles. The molecular formula is C24H19ClFN3O3S. The Balaban J connectivity index is 1.65. The first-order valence-electron chi connectivity index (χ1n) is 10.1. The van der Waals surface area contributed by atoms with Crippen LogP contribution in [-0.2, 0) is 17.7 Å². The summed E-state index contributed by atoms with van der Waals surface area (Å²) in [5.41, 5.74) is 3.02. The van der Waals surface area contributed by atoms with Crippen molar-refractivity contribution in [2.75, 3.05) is 6.54 Å². The molecule has 0 aliphatic carbocycles. The summed E-state index contributed by atoms with van der Waals surface area (Å²) in [5.74, 6) is -1.25. The van der Waals surface area contributed by atoms with Gasteiger partial charge in [0.25, 0.3) is 0 Å². The maximum Gasteiger partial charge on any atom is 0.231 e. The number of nitrogens with one attached hydrogen (secondary N) is 1. The van der Waals surface area contributed by atoms with Gasteiger partial charge in [-0.1, -0.05) is 48.0 Å². The van der Waals surface area contributed by atoms with E-state index in [0.29, 0.717) is 28.7 Å². The van der Waals surface area contributed by atoms with Gasteiger partial charge in [0.1, 0.15) is 5.82 Å². The zero-order valence-electron chi connectivity index (χ0n) is 17.3. The van der Waals surface area contributed by atoms with Gasteiger partial charge in [-0.05, 0) is 42.7 Å². The van der Waals surface area contributed by atoms with Crippen LogP contribution in [0.3, 0.4) is 0 Å². The predicted octanol–water partition coefficient (Wildman–Crippen LogP) is 4.98. The summed E-state index contributed by atoms with van der Waals surface area (Å²) in [6.45, 7) is 0.224. The topological polar surface area (TPSA) is 92.2 Å². The van der Waals surface area contributed by atoms with E-state index < -0.39 is 22.9 Å². The summed E-state index contributed by atoms with van der Waals surface area (Å²) in [6.07, 6.45) is 2.35. The van der Waals surface area contributed by atoms with Crippen LogP contribution in [0.5, 0.6) is 0 Å². The fourth-order valence-electron chi connectivity index (χ4n) is 3.48. The number of fused-ring (bicyclic) bond motifs is 1. The fraction of sp³-hybridized carbons (Fsp3) is 0.125. The van der Waals surface area contributed by atoms with Crippen LogP contribution in [0.4, 0.5) is 4.39 Å². The number of halogens is 2. The van der Waals surface area contributed by atoms with Gasteiger partial charge >= 0.3 is 0 Å². The Morgan fingerprint density at radius 3 is 2.64 bits per heavy atom. The standard InChI is InChI=1S/C24H19ClFN3O3S/c25-18-10-8-16(7-4-12-28-33(31)32)23(26)22(18)24(30)17-9-11-19-20(13-17)29-21(14-27-19)15-5-2-1-3-6-15/h1-3,5-6,8-11,13-14,28H,4,7,12H2,(H,31,32). The summed E-state index contributed by atoms with van der Waals surface area (Å²) in [6, 6.07) is 17.4. The molecule has 0 fully saturated rings. The molecule has 4 aromatic rings. The highest BCUT2D eigenvalue weighted by atomic mass is 35.5. The van der Waals surface area contributed by atoms with E-state index in [1.54, 1.807) is 24.4 Å². The molecule has 3 aromatic carbocycles. The molecular weight excluding hydrogens is 465 g/mol. The normalized spacial score (nSPS) is 12.1. The first kappa shape index (κ1) is 23.1. The zero-order chi connectivity index (χ0) is 23.4. The number of aryl methyl sites for hydroxylation is 1. The van der Waals surface area contributed by atoms with Gasteiger partial charge in [0.15, 0.2) is 5.78 Å². The SMILES string of the molecule is O=C(c1ccc2ncc(-c3ccccc3)nc2c1)c1c(Cl)ccc(CCCNS(=O)O)c1F. The van der Waals surface area contributed by atoms with E-state index in [1.165, 1.54) is 12.1 Å². The first-order valence-corrected chi connectivity index (χ1v) is 11.6. The third-order valence-electron chi connectivity index (χ3n) is 5.12. The van der Waals surface area contributed by atoms with E-state index in [9.17, 15) is 9.00 Å². The van der Waals surface area contributed by atoms with Gasteiger partial charge in [0.05, 0.1) is 33.5 Å². The Morgan fingerprint density at radius 1 is 1.09 bits per heavy atom. The van der Waals surface area contributed by atoms with Crippen molar-refractivity contribution in [2.24, 2.45) is 0 Å². The van der Waals surface area contributed by atoms with E-state index in [-0.39, 0.29) is 29.1 Å². The Hall–Kier alpha value is -3.04. The molecule has 1 aromatic heterocycles. The molecule has 2 N–H and O–H groups in total. The second kappa shape index (κ2) is 10.3. The highest BCUT2D eigenvalue weighted by Crippen LogP contribution is 2.27.